The van der Waals surface area contributed by atoms with Crippen molar-refractivity contribution in [3.63, 3.8) is 0 Å². The average Bonchev–Trinajstić information content (AvgIpc) is 2.73. The van der Waals surface area contributed by atoms with Gasteiger partial charge in [0.15, 0.2) is 0 Å². The van der Waals surface area contributed by atoms with E-state index in [4.69, 9.17) is 5.11 Å². The molecule has 2 N–H and O–H groups in total. The van der Waals surface area contributed by atoms with Gasteiger partial charge in [0.2, 0.25) is 10.0 Å². The van der Waals surface area contributed by atoms with Crippen LogP contribution in [-0.2, 0) is 20.6 Å². The van der Waals surface area contributed by atoms with Crippen molar-refractivity contribution in [2.45, 2.75) is 30.9 Å². The van der Waals surface area contributed by atoms with Crippen LogP contribution in [0, 0.1) is 0 Å². The zero-order chi connectivity index (χ0) is 14.0. The summed E-state index contributed by atoms with van der Waals surface area (Å²) in [6.45, 7) is 0. The number of hydrogen-bond donors (Lipinski definition) is 2. The first-order valence-electron chi connectivity index (χ1n) is 5.88. The smallest absolute Gasteiger partial charge is 0.322 e. The van der Waals surface area contributed by atoms with Gasteiger partial charge in [-0.1, -0.05) is 30.3 Å². The minimum atomic E-state index is -3.85. The maximum atomic E-state index is 12.2. The van der Waals surface area contributed by atoms with Crippen LogP contribution in [0.25, 0.3) is 0 Å². The molecule has 7 heteroatoms. The summed E-state index contributed by atoms with van der Waals surface area (Å²) in [4.78, 5) is 11.0. The van der Waals surface area contributed by atoms with Gasteiger partial charge in [-0.25, -0.2) is 8.42 Å². The molecule has 1 heterocycles. The van der Waals surface area contributed by atoms with Crippen molar-refractivity contribution in [3.8, 4) is 0 Å². The summed E-state index contributed by atoms with van der Waals surface area (Å²) < 4.78 is 25.2. The summed E-state index contributed by atoms with van der Waals surface area (Å²) in [7, 11) is -3.85. The zero-order valence-electron chi connectivity index (χ0n) is 10.1. The number of aliphatic carboxylic acids is 1. The lowest BCUT2D eigenvalue weighted by atomic mass is 10.2. The van der Waals surface area contributed by atoms with E-state index < -0.39 is 28.3 Å². The number of hydrogen-bond acceptors (Lipinski definition) is 4. The van der Waals surface area contributed by atoms with E-state index in [-0.39, 0.29) is 18.6 Å². The highest BCUT2D eigenvalue weighted by atomic mass is 32.2. The Morgan fingerprint density at radius 1 is 1.26 bits per heavy atom. The molecule has 2 unspecified atom stereocenters. The van der Waals surface area contributed by atoms with Crippen LogP contribution >= 0.6 is 0 Å². The second kappa shape index (κ2) is 5.28. The Kier molecular flexibility index (Phi) is 3.88. The van der Waals surface area contributed by atoms with Gasteiger partial charge < -0.3 is 10.2 Å². The molecule has 0 spiro atoms. The van der Waals surface area contributed by atoms with Crippen LogP contribution in [-0.4, -0.2) is 41.2 Å². The lowest BCUT2D eigenvalue weighted by Crippen LogP contribution is -2.45. The highest BCUT2D eigenvalue weighted by Crippen LogP contribution is 2.27. The zero-order valence-corrected chi connectivity index (χ0v) is 11.0. The number of nitrogens with zero attached hydrogens (tertiary/aromatic N) is 1. The molecule has 0 saturated carbocycles. The lowest BCUT2D eigenvalue weighted by molar-refractivity contribution is -0.141. The fourth-order valence-electron chi connectivity index (χ4n) is 2.24. The van der Waals surface area contributed by atoms with Crippen LogP contribution in [0.3, 0.4) is 0 Å². The maximum absolute atomic E-state index is 12.2. The molecule has 6 nitrogen and oxygen atoms in total. The number of carbonyl (C=O) groups is 1. The van der Waals surface area contributed by atoms with Crippen LogP contribution in [0.1, 0.15) is 18.4 Å². The van der Waals surface area contributed by atoms with Gasteiger partial charge in [-0.2, -0.15) is 4.31 Å². The highest BCUT2D eigenvalue weighted by molar-refractivity contribution is 7.88. The quantitative estimate of drug-likeness (QED) is 0.834. The molecule has 1 saturated heterocycles. The van der Waals surface area contributed by atoms with E-state index in [0.29, 0.717) is 9.87 Å². The standard InChI is InChI=1S/C12H15NO5S/c14-11-7-6-10(12(15)16)13(11)19(17,18)8-9-4-2-1-3-5-9/h1-5,10-11,14H,6-8H2,(H,15,16). The van der Waals surface area contributed by atoms with Gasteiger partial charge in [0.25, 0.3) is 0 Å². The molecule has 0 radical (unpaired) electrons. The van der Waals surface area contributed by atoms with Crippen molar-refractivity contribution in [3.05, 3.63) is 35.9 Å². The molecule has 1 aliphatic heterocycles. The van der Waals surface area contributed by atoms with Gasteiger partial charge in [-0.15, -0.1) is 0 Å². The Morgan fingerprint density at radius 3 is 2.47 bits per heavy atom. The van der Waals surface area contributed by atoms with Gasteiger partial charge in [0.1, 0.15) is 12.3 Å². The second-order valence-corrected chi connectivity index (χ2v) is 6.36. The third-order valence-electron chi connectivity index (χ3n) is 3.10. The summed E-state index contributed by atoms with van der Waals surface area (Å²) in [6.07, 6.45) is -0.981. The number of carboxylic acid groups (broad SMARTS) is 1. The van der Waals surface area contributed by atoms with Crippen molar-refractivity contribution in [1.29, 1.82) is 0 Å². The Morgan fingerprint density at radius 2 is 1.89 bits per heavy atom. The highest BCUT2D eigenvalue weighted by Gasteiger charge is 2.44. The number of aliphatic hydroxyl groups is 1. The van der Waals surface area contributed by atoms with Crippen molar-refractivity contribution in [2.75, 3.05) is 0 Å². The molecule has 2 rings (SSSR count). The second-order valence-electron chi connectivity index (χ2n) is 4.48. The molecular formula is C12H15NO5S. The molecule has 104 valence electrons. The molecule has 0 bridgehead atoms. The predicted octanol–water partition coefficient (Wildman–Crippen LogP) is 0.384. The molecule has 1 aromatic rings. The van der Waals surface area contributed by atoms with Crippen LogP contribution < -0.4 is 0 Å². The van der Waals surface area contributed by atoms with Crippen LogP contribution in [0.4, 0.5) is 0 Å². The van der Waals surface area contributed by atoms with Gasteiger partial charge >= 0.3 is 5.97 Å². The SMILES string of the molecule is O=C(O)C1CCC(O)N1S(=O)(=O)Cc1ccccc1. The number of sulfonamides is 1. The maximum Gasteiger partial charge on any atom is 0.322 e. The van der Waals surface area contributed by atoms with E-state index in [1.54, 1.807) is 30.3 Å². The van der Waals surface area contributed by atoms with E-state index in [9.17, 15) is 18.3 Å². The molecule has 0 aliphatic carbocycles. The fraction of sp³-hybridized carbons (Fsp3) is 0.417. The normalized spacial score (nSPS) is 24.5. The minimum absolute atomic E-state index is 0.129. The number of carboxylic acids is 1. The van der Waals surface area contributed by atoms with Crippen molar-refractivity contribution < 1.29 is 23.4 Å². The van der Waals surface area contributed by atoms with Crippen LogP contribution in [0.5, 0.6) is 0 Å². The van der Waals surface area contributed by atoms with Crippen molar-refractivity contribution >= 4 is 16.0 Å². The monoisotopic (exact) mass is 285 g/mol. The largest absolute Gasteiger partial charge is 0.480 e. The third kappa shape index (κ3) is 2.94. The first-order valence-corrected chi connectivity index (χ1v) is 7.49. The lowest BCUT2D eigenvalue weighted by Gasteiger charge is -2.24. The van der Waals surface area contributed by atoms with Gasteiger partial charge in [-0.3, -0.25) is 4.79 Å². The van der Waals surface area contributed by atoms with Gasteiger partial charge in [0, 0.05) is 0 Å². The Balaban J connectivity index is 2.25. The van der Waals surface area contributed by atoms with Crippen molar-refractivity contribution in [2.24, 2.45) is 0 Å². The number of benzene rings is 1. The van der Waals surface area contributed by atoms with E-state index in [1.165, 1.54) is 0 Å². The molecule has 0 amide bonds. The molecule has 2 atom stereocenters. The molecule has 19 heavy (non-hydrogen) atoms. The molecule has 0 aromatic heterocycles. The summed E-state index contributed by atoms with van der Waals surface area (Å²) in [5, 5.41) is 18.7. The summed E-state index contributed by atoms with van der Waals surface area (Å²) in [5.41, 5.74) is 0.561. The fourth-order valence-corrected chi connectivity index (χ4v) is 4.06. The van der Waals surface area contributed by atoms with Gasteiger partial charge in [-0.05, 0) is 18.4 Å². The summed E-state index contributed by atoms with van der Waals surface area (Å²) >= 11 is 0. The minimum Gasteiger partial charge on any atom is -0.480 e. The first kappa shape index (κ1) is 14.0. The first-order chi connectivity index (χ1) is 8.92. The summed E-state index contributed by atoms with van der Waals surface area (Å²) in [5.74, 6) is -1.54. The average molecular weight is 285 g/mol. The molecule has 1 fully saturated rings. The van der Waals surface area contributed by atoms with Crippen LogP contribution in [0.15, 0.2) is 30.3 Å². The van der Waals surface area contributed by atoms with E-state index in [1.807, 2.05) is 0 Å². The molecule has 1 aromatic carbocycles. The Labute approximate surface area is 111 Å². The Bertz CT molecular complexity index is 557. The number of aliphatic hydroxyl groups excluding tert-OH is 1. The molecular weight excluding hydrogens is 270 g/mol. The Hall–Kier alpha value is -1.44. The number of rotatable bonds is 4. The van der Waals surface area contributed by atoms with Crippen LogP contribution in [0.2, 0.25) is 0 Å². The molecule has 1 aliphatic rings. The third-order valence-corrected chi connectivity index (χ3v) is 4.94. The topological polar surface area (TPSA) is 94.9 Å². The van der Waals surface area contributed by atoms with Gasteiger partial charge in [0.05, 0.1) is 5.75 Å². The summed E-state index contributed by atoms with van der Waals surface area (Å²) in [6, 6.07) is 7.30. The van der Waals surface area contributed by atoms with E-state index >= 15 is 0 Å². The van der Waals surface area contributed by atoms with E-state index in [0.717, 1.165) is 0 Å². The van der Waals surface area contributed by atoms with Crippen molar-refractivity contribution in [1.82, 2.24) is 4.31 Å². The van der Waals surface area contributed by atoms with E-state index in [2.05, 4.69) is 0 Å². The predicted molar refractivity (Wildman–Crippen MR) is 67.6 cm³/mol.